The number of rotatable bonds is 3. The van der Waals surface area contributed by atoms with Crippen molar-refractivity contribution in [2.75, 3.05) is 24.6 Å². The largest absolute Gasteiger partial charge is 0.334 e. The molecule has 2 amide bonds. The average Bonchev–Trinajstić information content (AvgIpc) is 3.29. The smallest absolute Gasteiger partial charge is 0.317 e. The summed E-state index contributed by atoms with van der Waals surface area (Å²) in [6.07, 6.45) is 10.7. The predicted octanol–water partition coefficient (Wildman–Crippen LogP) is 1.86. The molecule has 3 aliphatic rings. The van der Waals surface area contributed by atoms with Gasteiger partial charge < -0.3 is 10.2 Å². The second-order valence-electron chi connectivity index (χ2n) is 8.23. The van der Waals surface area contributed by atoms with Crippen LogP contribution in [-0.2, 0) is 9.84 Å². The molecule has 1 aliphatic carbocycles. The highest BCUT2D eigenvalue weighted by Crippen LogP contribution is 2.32. The number of carbonyl (C=O) groups is 1. The number of amides is 2. The van der Waals surface area contributed by atoms with E-state index in [9.17, 15) is 13.2 Å². The summed E-state index contributed by atoms with van der Waals surface area (Å²) in [6, 6.07) is -0.101. The summed E-state index contributed by atoms with van der Waals surface area (Å²) in [4.78, 5) is 14.2. The first kappa shape index (κ1) is 18.7. The van der Waals surface area contributed by atoms with E-state index < -0.39 is 9.84 Å². The Bertz CT molecular complexity index is 764. The Morgan fingerprint density at radius 1 is 1.07 bits per heavy atom. The van der Waals surface area contributed by atoms with Crippen LogP contribution in [-0.4, -0.2) is 65.0 Å². The van der Waals surface area contributed by atoms with E-state index in [4.69, 9.17) is 0 Å². The lowest BCUT2D eigenvalue weighted by Gasteiger charge is -2.32. The van der Waals surface area contributed by atoms with Crippen LogP contribution in [0.2, 0.25) is 0 Å². The Balaban J connectivity index is 1.27. The van der Waals surface area contributed by atoms with Gasteiger partial charge in [-0.1, -0.05) is 24.5 Å². The summed E-state index contributed by atoms with van der Waals surface area (Å²) in [5.41, 5.74) is 1.12. The average molecular weight is 396 g/mol. The van der Waals surface area contributed by atoms with Crippen LogP contribution in [0.1, 0.15) is 69.0 Å². The summed E-state index contributed by atoms with van der Waals surface area (Å²) < 4.78 is 25.1. The summed E-state index contributed by atoms with van der Waals surface area (Å²) in [7, 11) is -2.98. The lowest BCUT2D eigenvalue weighted by Crippen LogP contribution is -2.48. The molecule has 0 radical (unpaired) electrons. The van der Waals surface area contributed by atoms with Gasteiger partial charge in [0.25, 0.3) is 0 Å². The van der Waals surface area contributed by atoms with E-state index >= 15 is 0 Å². The molecule has 1 N–H and O–H groups in total. The minimum absolute atomic E-state index is 0.0676. The van der Waals surface area contributed by atoms with E-state index in [1.807, 2.05) is 4.68 Å². The second kappa shape index (κ2) is 7.77. The standard InChI is InChI=1S/C18H29N5O3S/c24-18(19-15-8-11-27(25,26)13-15)22-9-6-16(7-10-22)23-12-17(20-21-23)14-4-2-1-3-5-14/h12,14-16H,1-11,13H2,(H,19,24). The quantitative estimate of drug-likeness (QED) is 0.842. The fourth-order valence-corrected chi connectivity index (χ4v) is 6.24. The lowest BCUT2D eigenvalue weighted by atomic mass is 9.87. The van der Waals surface area contributed by atoms with Gasteiger partial charge in [0.1, 0.15) is 0 Å². The number of hydrogen-bond acceptors (Lipinski definition) is 5. The van der Waals surface area contributed by atoms with Gasteiger partial charge in [-0.2, -0.15) is 0 Å². The molecule has 8 nitrogen and oxygen atoms in total. The molecular weight excluding hydrogens is 366 g/mol. The molecule has 1 unspecified atom stereocenters. The van der Waals surface area contributed by atoms with Crippen LogP contribution in [0.5, 0.6) is 0 Å². The number of likely N-dealkylation sites (tertiary alicyclic amines) is 1. The molecule has 1 aromatic rings. The predicted molar refractivity (Wildman–Crippen MR) is 101 cm³/mol. The molecule has 0 bridgehead atoms. The van der Waals surface area contributed by atoms with E-state index in [0.717, 1.165) is 18.5 Å². The number of sulfone groups is 1. The van der Waals surface area contributed by atoms with Crippen molar-refractivity contribution in [1.29, 1.82) is 0 Å². The zero-order valence-corrected chi connectivity index (χ0v) is 16.5. The van der Waals surface area contributed by atoms with Crippen molar-refractivity contribution in [2.45, 2.75) is 69.4 Å². The van der Waals surface area contributed by atoms with Crippen molar-refractivity contribution in [2.24, 2.45) is 0 Å². The van der Waals surface area contributed by atoms with Gasteiger partial charge in [-0.25, -0.2) is 17.9 Å². The van der Waals surface area contributed by atoms with E-state index in [1.54, 1.807) is 4.90 Å². The molecule has 9 heteroatoms. The zero-order chi connectivity index (χ0) is 18.9. The topological polar surface area (TPSA) is 97.2 Å². The van der Waals surface area contributed by atoms with E-state index in [1.165, 1.54) is 32.1 Å². The molecular formula is C18H29N5O3S. The molecule has 1 aromatic heterocycles. The molecule has 3 fully saturated rings. The Labute approximate surface area is 160 Å². The summed E-state index contributed by atoms with van der Waals surface area (Å²) >= 11 is 0. The Hall–Kier alpha value is -1.64. The van der Waals surface area contributed by atoms with E-state index in [2.05, 4.69) is 21.8 Å². The monoisotopic (exact) mass is 395 g/mol. The Morgan fingerprint density at radius 3 is 2.48 bits per heavy atom. The molecule has 2 aliphatic heterocycles. The molecule has 1 atom stereocenters. The maximum atomic E-state index is 12.4. The Kier molecular flexibility index (Phi) is 5.39. The third kappa shape index (κ3) is 4.44. The van der Waals surface area contributed by atoms with Gasteiger partial charge in [-0.3, -0.25) is 0 Å². The van der Waals surface area contributed by atoms with Crippen LogP contribution < -0.4 is 5.32 Å². The highest BCUT2D eigenvalue weighted by Gasteiger charge is 2.31. The zero-order valence-electron chi connectivity index (χ0n) is 15.7. The van der Waals surface area contributed by atoms with Crippen LogP contribution in [0.25, 0.3) is 0 Å². The first-order valence-corrected chi connectivity index (χ1v) is 12.0. The SMILES string of the molecule is O=C(NC1CCS(=O)(=O)C1)N1CCC(n2cc(C3CCCCC3)nn2)CC1. The first-order valence-electron chi connectivity index (χ1n) is 10.2. The molecule has 27 heavy (non-hydrogen) atoms. The molecule has 1 saturated carbocycles. The number of carbonyl (C=O) groups excluding carboxylic acids is 1. The molecule has 0 aromatic carbocycles. The number of nitrogens with one attached hydrogen (secondary N) is 1. The van der Waals surface area contributed by atoms with Crippen LogP contribution >= 0.6 is 0 Å². The minimum atomic E-state index is -2.98. The number of urea groups is 1. The molecule has 4 rings (SSSR count). The number of nitrogens with zero attached hydrogens (tertiary/aromatic N) is 4. The third-order valence-electron chi connectivity index (χ3n) is 6.24. The van der Waals surface area contributed by atoms with Crippen molar-refractivity contribution in [1.82, 2.24) is 25.2 Å². The van der Waals surface area contributed by atoms with Crippen molar-refractivity contribution in [3.8, 4) is 0 Å². The fraction of sp³-hybridized carbons (Fsp3) is 0.833. The molecule has 2 saturated heterocycles. The van der Waals surface area contributed by atoms with Crippen molar-refractivity contribution in [3.63, 3.8) is 0 Å². The van der Waals surface area contributed by atoms with Crippen LogP contribution in [0.3, 0.4) is 0 Å². The van der Waals surface area contributed by atoms with E-state index in [-0.39, 0.29) is 29.6 Å². The molecule has 0 spiro atoms. The highest BCUT2D eigenvalue weighted by atomic mass is 32.2. The second-order valence-corrected chi connectivity index (χ2v) is 10.5. The van der Waals surface area contributed by atoms with Gasteiger partial charge >= 0.3 is 6.03 Å². The van der Waals surface area contributed by atoms with Gasteiger partial charge in [-0.05, 0) is 32.1 Å². The maximum absolute atomic E-state index is 12.4. The normalized spacial score (nSPS) is 27.0. The maximum Gasteiger partial charge on any atom is 0.317 e. The van der Waals surface area contributed by atoms with Crippen LogP contribution in [0.15, 0.2) is 6.20 Å². The van der Waals surface area contributed by atoms with E-state index in [0.29, 0.717) is 25.4 Å². The van der Waals surface area contributed by atoms with Crippen molar-refractivity contribution >= 4 is 15.9 Å². The van der Waals surface area contributed by atoms with Gasteiger partial charge in [-0.15, -0.1) is 5.10 Å². The fourth-order valence-electron chi connectivity index (χ4n) is 4.56. The van der Waals surface area contributed by atoms with Gasteiger partial charge in [0.05, 0.1) is 23.2 Å². The third-order valence-corrected chi connectivity index (χ3v) is 8.01. The minimum Gasteiger partial charge on any atom is -0.334 e. The van der Waals surface area contributed by atoms with Gasteiger partial charge in [0, 0.05) is 31.2 Å². The van der Waals surface area contributed by atoms with Gasteiger partial charge in [0.15, 0.2) is 9.84 Å². The number of aromatic nitrogens is 3. The first-order chi connectivity index (χ1) is 13.0. The lowest BCUT2D eigenvalue weighted by molar-refractivity contribution is 0.165. The molecule has 150 valence electrons. The Morgan fingerprint density at radius 2 is 1.81 bits per heavy atom. The summed E-state index contributed by atoms with van der Waals surface area (Å²) in [5, 5.41) is 11.7. The van der Waals surface area contributed by atoms with Crippen molar-refractivity contribution in [3.05, 3.63) is 11.9 Å². The number of piperidine rings is 1. The van der Waals surface area contributed by atoms with Gasteiger partial charge in [0.2, 0.25) is 0 Å². The molecule has 3 heterocycles. The van der Waals surface area contributed by atoms with Crippen LogP contribution in [0.4, 0.5) is 4.79 Å². The van der Waals surface area contributed by atoms with Crippen molar-refractivity contribution < 1.29 is 13.2 Å². The number of hydrogen-bond donors (Lipinski definition) is 1. The summed E-state index contributed by atoms with van der Waals surface area (Å²) in [5.74, 6) is 0.800. The van der Waals surface area contributed by atoms with Crippen LogP contribution in [0, 0.1) is 0 Å². The summed E-state index contributed by atoms with van der Waals surface area (Å²) in [6.45, 7) is 1.32. The highest BCUT2D eigenvalue weighted by molar-refractivity contribution is 7.91.